The molecule has 0 radical (unpaired) electrons. The zero-order chi connectivity index (χ0) is 22.0. The third-order valence-corrected chi connectivity index (χ3v) is 5.53. The van der Waals surface area contributed by atoms with Crippen LogP contribution in [0.1, 0.15) is 31.9 Å². The summed E-state index contributed by atoms with van der Waals surface area (Å²) in [4.78, 5) is 21.8. The number of pyridine rings is 2. The molecule has 1 aliphatic heterocycles. The van der Waals surface area contributed by atoms with Gasteiger partial charge in [-0.3, -0.25) is 9.89 Å². The highest BCUT2D eigenvalue weighted by atomic mass is 16.5. The summed E-state index contributed by atoms with van der Waals surface area (Å²) in [6.07, 6.45) is 4.79. The van der Waals surface area contributed by atoms with Gasteiger partial charge in [-0.2, -0.15) is 5.10 Å². The Hall–Kier alpha value is -3.20. The average Bonchev–Trinajstić information content (AvgIpc) is 3.29. The van der Waals surface area contributed by atoms with E-state index in [-0.39, 0.29) is 11.5 Å². The predicted octanol–water partition coefficient (Wildman–Crippen LogP) is 2.87. The van der Waals surface area contributed by atoms with Crippen molar-refractivity contribution in [1.82, 2.24) is 24.7 Å². The lowest BCUT2D eigenvalue weighted by Gasteiger charge is -2.33. The Morgan fingerprint density at radius 2 is 2.10 bits per heavy atom. The summed E-state index contributed by atoms with van der Waals surface area (Å²) < 4.78 is 18.6. The van der Waals surface area contributed by atoms with E-state index in [4.69, 9.17) is 19.2 Å². The topological polar surface area (TPSA) is 104 Å². The number of fused-ring (bicyclic) bond motifs is 3. The lowest BCUT2D eigenvalue weighted by Crippen LogP contribution is -2.27. The Morgan fingerprint density at radius 1 is 1.26 bits per heavy atom. The zero-order valence-electron chi connectivity index (χ0n) is 18.2. The minimum absolute atomic E-state index is 0.140. The summed E-state index contributed by atoms with van der Waals surface area (Å²) in [5.74, 6) is 1.80. The number of hydrogen-bond donors (Lipinski definition) is 1. The van der Waals surface area contributed by atoms with Crippen molar-refractivity contribution in [3.05, 3.63) is 40.4 Å². The molecule has 0 aliphatic carbocycles. The Kier molecular flexibility index (Phi) is 6.03. The van der Waals surface area contributed by atoms with Gasteiger partial charge in [-0.05, 0) is 24.0 Å². The van der Waals surface area contributed by atoms with Gasteiger partial charge in [-0.1, -0.05) is 13.8 Å². The van der Waals surface area contributed by atoms with Crippen LogP contribution in [0.25, 0.3) is 22.8 Å². The van der Waals surface area contributed by atoms with Crippen molar-refractivity contribution >= 4 is 0 Å². The standard InChI is InChI=1S/C22H27N5O4/c1-13(2)16-8-14-9-19(31-7-5-6-29-3)22(30-4)25-20(14)17-10-18(28)15(11-27(16)17)21-23-12-24-26-21/h9-13,16H,5-8H2,1-4H3,(H,23,24,26)/t16-/m0/s1. The van der Waals surface area contributed by atoms with Gasteiger partial charge in [-0.25, -0.2) is 9.97 Å². The van der Waals surface area contributed by atoms with Gasteiger partial charge in [0, 0.05) is 38.4 Å². The highest BCUT2D eigenvalue weighted by molar-refractivity contribution is 5.67. The smallest absolute Gasteiger partial charge is 0.257 e. The van der Waals surface area contributed by atoms with Crippen LogP contribution in [0.3, 0.4) is 0 Å². The molecular formula is C22H27N5O4. The van der Waals surface area contributed by atoms with E-state index in [1.165, 1.54) is 6.33 Å². The minimum Gasteiger partial charge on any atom is -0.488 e. The fourth-order valence-electron chi connectivity index (χ4n) is 3.94. The second kappa shape index (κ2) is 8.89. The quantitative estimate of drug-likeness (QED) is 0.553. The molecular weight excluding hydrogens is 398 g/mol. The van der Waals surface area contributed by atoms with Crippen molar-refractivity contribution in [3.63, 3.8) is 0 Å². The number of ether oxygens (including phenoxy) is 3. The van der Waals surface area contributed by atoms with E-state index in [1.807, 2.05) is 12.3 Å². The number of hydrogen-bond acceptors (Lipinski definition) is 7. The van der Waals surface area contributed by atoms with E-state index in [9.17, 15) is 4.79 Å². The number of H-pyrrole nitrogens is 1. The Labute approximate surface area is 180 Å². The second-order valence-corrected chi connectivity index (χ2v) is 7.89. The van der Waals surface area contributed by atoms with Crippen molar-refractivity contribution < 1.29 is 14.2 Å². The molecule has 0 fully saturated rings. The number of nitrogens with zero attached hydrogens (tertiary/aromatic N) is 4. The molecule has 9 heteroatoms. The molecule has 0 spiro atoms. The maximum absolute atomic E-state index is 12.9. The number of rotatable bonds is 8. The molecule has 1 aliphatic rings. The molecule has 0 bridgehead atoms. The second-order valence-electron chi connectivity index (χ2n) is 7.89. The summed E-state index contributed by atoms with van der Waals surface area (Å²) in [5.41, 5.74) is 2.88. The summed E-state index contributed by atoms with van der Waals surface area (Å²) in [7, 11) is 3.23. The van der Waals surface area contributed by atoms with E-state index in [2.05, 4.69) is 33.6 Å². The largest absolute Gasteiger partial charge is 0.488 e. The molecule has 0 aromatic carbocycles. The monoisotopic (exact) mass is 425 g/mol. The first-order valence-electron chi connectivity index (χ1n) is 10.4. The van der Waals surface area contributed by atoms with Crippen LogP contribution in [0, 0.1) is 5.92 Å². The van der Waals surface area contributed by atoms with Gasteiger partial charge in [-0.15, -0.1) is 0 Å². The zero-order valence-corrected chi connectivity index (χ0v) is 18.2. The molecule has 0 unspecified atom stereocenters. The molecule has 164 valence electrons. The van der Waals surface area contributed by atoms with Gasteiger partial charge in [0.15, 0.2) is 17.0 Å². The molecule has 9 nitrogen and oxygen atoms in total. The van der Waals surface area contributed by atoms with Crippen LogP contribution in [0.2, 0.25) is 0 Å². The fourth-order valence-corrected chi connectivity index (χ4v) is 3.94. The van der Waals surface area contributed by atoms with Crippen molar-refractivity contribution in [2.75, 3.05) is 27.4 Å². The maximum Gasteiger partial charge on any atom is 0.257 e. The van der Waals surface area contributed by atoms with Gasteiger partial charge in [0.05, 0.1) is 30.7 Å². The molecule has 3 aromatic heterocycles. The maximum atomic E-state index is 12.9. The minimum atomic E-state index is -0.140. The lowest BCUT2D eigenvalue weighted by atomic mass is 9.89. The van der Waals surface area contributed by atoms with Gasteiger partial charge in [0.2, 0.25) is 0 Å². The van der Waals surface area contributed by atoms with Gasteiger partial charge in [0.1, 0.15) is 6.33 Å². The van der Waals surface area contributed by atoms with Crippen LogP contribution >= 0.6 is 0 Å². The van der Waals surface area contributed by atoms with E-state index in [0.29, 0.717) is 42.1 Å². The average molecular weight is 425 g/mol. The van der Waals surface area contributed by atoms with Crippen LogP contribution < -0.4 is 14.9 Å². The molecule has 4 rings (SSSR count). The number of aromatic nitrogens is 5. The first-order chi connectivity index (χ1) is 15.0. The number of aromatic amines is 1. The van der Waals surface area contributed by atoms with E-state index >= 15 is 0 Å². The summed E-state index contributed by atoms with van der Waals surface area (Å²) >= 11 is 0. The number of methoxy groups -OCH3 is 2. The molecule has 1 N–H and O–H groups in total. The first-order valence-corrected chi connectivity index (χ1v) is 10.4. The van der Waals surface area contributed by atoms with E-state index in [0.717, 1.165) is 29.8 Å². The van der Waals surface area contributed by atoms with Gasteiger partial charge < -0.3 is 18.8 Å². The third kappa shape index (κ3) is 4.05. The molecule has 3 aromatic rings. The summed E-state index contributed by atoms with van der Waals surface area (Å²) in [6, 6.07) is 3.76. The Morgan fingerprint density at radius 3 is 2.77 bits per heavy atom. The van der Waals surface area contributed by atoms with Crippen LogP contribution in [0.5, 0.6) is 11.6 Å². The fraction of sp³-hybridized carbons (Fsp3) is 0.455. The van der Waals surface area contributed by atoms with Crippen LogP contribution in [-0.2, 0) is 11.2 Å². The molecule has 1 atom stereocenters. The first kappa shape index (κ1) is 21.0. The predicted molar refractivity (Wildman–Crippen MR) is 115 cm³/mol. The van der Waals surface area contributed by atoms with Crippen molar-refractivity contribution in [1.29, 1.82) is 0 Å². The Bertz CT molecular complexity index is 1110. The summed E-state index contributed by atoms with van der Waals surface area (Å²) in [6.45, 7) is 5.48. The van der Waals surface area contributed by atoms with Gasteiger partial charge >= 0.3 is 0 Å². The molecule has 4 heterocycles. The normalized spacial score (nSPS) is 14.9. The SMILES string of the molecule is COCCCOc1cc2c(nc1OC)-c1cc(=O)c(-c3ncn[nH]3)cn1[C@H](C(C)C)C2. The molecule has 0 amide bonds. The number of nitrogens with one attached hydrogen (secondary N) is 1. The van der Waals surface area contributed by atoms with Crippen molar-refractivity contribution in [2.45, 2.75) is 32.7 Å². The van der Waals surface area contributed by atoms with Crippen LogP contribution in [0.15, 0.2) is 29.5 Å². The third-order valence-electron chi connectivity index (χ3n) is 5.53. The van der Waals surface area contributed by atoms with Crippen molar-refractivity contribution in [2.24, 2.45) is 5.92 Å². The van der Waals surface area contributed by atoms with E-state index < -0.39 is 0 Å². The molecule has 0 saturated carbocycles. The Balaban J connectivity index is 1.80. The van der Waals surface area contributed by atoms with Gasteiger partial charge in [0.25, 0.3) is 5.88 Å². The molecule has 0 saturated heterocycles. The van der Waals surface area contributed by atoms with E-state index in [1.54, 1.807) is 20.3 Å². The lowest BCUT2D eigenvalue weighted by molar-refractivity contribution is 0.170. The van der Waals surface area contributed by atoms with Crippen molar-refractivity contribution in [3.8, 4) is 34.4 Å². The van der Waals surface area contributed by atoms with Crippen LogP contribution in [0.4, 0.5) is 0 Å². The highest BCUT2D eigenvalue weighted by Gasteiger charge is 2.30. The summed E-state index contributed by atoms with van der Waals surface area (Å²) in [5, 5.41) is 6.66. The van der Waals surface area contributed by atoms with Crippen LogP contribution in [-0.4, -0.2) is 52.2 Å². The highest BCUT2D eigenvalue weighted by Crippen LogP contribution is 2.40. The molecule has 31 heavy (non-hydrogen) atoms.